The van der Waals surface area contributed by atoms with Crippen molar-refractivity contribution in [1.29, 1.82) is 0 Å². The number of ketones is 1. The van der Waals surface area contributed by atoms with Gasteiger partial charge in [0, 0.05) is 22.5 Å². The van der Waals surface area contributed by atoms with E-state index in [-0.39, 0.29) is 17.2 Å². The molecule has 0 aliphatic heterocycles. The molecule has 6 nitrogen and oxygen atoms in total. The van der Waals surface area contributed by atoms with Crippen molar-refractivity contribution in [2.75, 3.05) is 5.75 Å². The predicted molar refractivity (Wildman–Crippen MR) is 134 cm³/mol. The van der Waals surface area contributed by atoms with E-state index in [1.807, 2.05) is 39.1 Å². The lowest BCUT2D eigenvalue weighted by atomic mass is 9.92. The topological polar surface area (TPSA) is 89.6 Å². The van der Waals surface area contributed by atoms with Crippen molar-refractivity contribution in [3.63, 3.8) is 0 Å². The van der Waals surface area contributed by atoms with Crippen LogP contribution in [0.15, 0.2) is 59.9 Å². The Morgan fingerprint density at radius 3 is 2.58 bits per heavy atom. The fourth-order valence-electron chi connectivity index (χ4n) is 3.68. The number of H-pyrrole nitrogens is 1. The highest BCUT2D eigenvalue weighted by Gasteiger charge is 2.24. The van der Waals surface area contributed by atoms with Crippen LogP contribution in [0, 0.1) is 12.3 Å². The number of hydrogen-bond donors (Lipinski definition) is 2. The van der Waals surface area contributed by atoms with E-state index in [0.29, 0.717) is 18.7 Å². The molecule has 0 fully saturated rings. The largest absolute Gasteiger partial charge is 0.361 e. The summed E-state index contributed by atoms with van der Waals surface area (Å²) < 4.78 is 2.06. The number of para-hydroxylation sites is 1. The number of carbonyl (C=O) groups is 1. The Bertz CT molecular complexity index is 1250. The molecule has 0 amide bonds. The molecule has 1 atom stereocenters. The molecule has 0 unspecified atom stereocenters. The average molecular weight is 462 g/mol. The van der Waals surface area contributed by atoms with E-state index in [1.54, 1.807) is 0 Å². The first-order valence-electron chi connectivity index (χ1n) is 11.2. The summed E-state index contributed by atoms with van der Waals surface area (Å²) in [6.07, 6.45) is 2.66. The smallest absolute Gasteiger partial charge is 0.192 e. The molecule has 2 heterocycles. The maximum absolute atomic E-state index is 12.5. The molecule has 0 spiro atoms. The molecule has 0 aliphatic carbocycles. The van der Waals surface area contributed by atoms with Crippen LogP contribution in [0.25, 0.3) is 10.9 Å². The molecule has 0 saturated carbocycles. The molecule has 172 valence electrons. The van der Waals surface area contributed by atoms with Crippen molar-refractivity contribution in [3.05, 3.63) is 77.2 Å². The zero-order valence-electron chi connectivity index (χ0n) is 19.6. The van der Waals surface area contributed by atoms with Gasteiger partial charge in [-0.05, 0) is 30.5 Å². The summed E-state index contributed by atoms with van der Waals surface area (Å²) in [5.41, 5.74) is 10.9. The monoisotopic (exact) mass is 461 g/mol. The Kier molecular flexibility index (Phi) is 6.72. The summed E-state index contributed by atoms with van der Waals surface area (Å²) in [4.78, 5) is 15.8. The Hall–Kier alpha value is -2.90. The zero-order valence-corrected chi connectivity index (χ0v) is 20.4. The molecule has 2 aromatic carbocycles. The lowest BCUT2D eigenvalue weighted by Crippen LogP contribution is -2.22. The number of nitrogens with one attached hydrogen (secondary N) is 1. The third-order valence-corrected chi connectivity index (χ3v) is 6.79. The zero-order chi connectivity index (χ0) is 23.6. The molecular formula is C26H31N5OS. The van der Waals surface area contributed by atoms with Crippen molar-refractivity contribution in [2.24, 2.45) is 11.1 Å². The molecule has 7 heteroatoms. The number of thioether (sulfide) groups is 1. The van der Waals surface area contributed by atoms with Crippen LogP contribution in [-0.4, -0.2) is 31.3 Å². The van der Waals surface area contributed by atoms with Crippen LogP contribution in [0.1, 0.15) is 49.3 Å². The van der Waals surface area contributed by atoms with Gasteiger partial charge < -0.3 is 15.3 Å². The van der Waals surface area contributed by atoms with Crippen LogP contribution in [0.3, 0.4) is 0 Å². The van der Waals surface area contributed by atoms with Crippen LogP contribution in [-0.2, 0) is 17.8 Å². The van der Waals surface area contributed by atoms with E-state index in [9.17, 15) is 4.79 Å². The molecule has 0 saturated heterocycles. The Morgan fingerprint density at radius 2 is 1.85 bits per heavy atom. The van der Waals surface area contributed by atoms with Crippen LogP contribution in [0.5, 0.6) is 0 Å². The van der Waals surface area contributed by atoms with Crippen LogP contribution < -0.4 is 5.73 Å². The lowest BCUT2D eigenvalue weighted by molar-refractivity contribution is -0.123. The fourth-order valence-corrected chi connectivity index (χ4v) is 4.79. The minimum Gasteiger partial charge on any atom is -0.361 e. The van der Waals surface area contributed by atoms with Gasteiger partial charge in [-0.3, -0.25) is 4.79 Å². The van der Waals surface area contributed by atoms with Gasteiger partial charge >= 0.3 is 0 Å². The maximum atomic E-state index is 12.5. The van der Waals surface area contributed by atoms with Gasteiger partial charge in [0.05, 0.1) is 18.3 Å². The third kappa shape index (κ3) is 5.37. The van der Waals surface area contributed by atoms with Gasteiger partial charge in [-0.1, -0.05) is 80.6 Å². The second-order valence-corrected chi connectivity index (χ2v) is 10.5. The Morgan fingerprint density at radius 1 is 1.12 bits per heavy atom. The van der Waals surface area contributed by atoms with Gasteiger partial charge in [0.2, 0.25) is 0 Å². The first-order chi connectivity index (χ1) is 15.7. The number of rotatable bonds is 8. The predicted octanol–water partition coefficient (Wildman–Crippen LogP) is 5.07. The van der Waals surface area contributed by atoms with Gasteiger partial charge in [0.1, 0.15) is 5.78 Å². The number of Topliss-reactive ketones (excluding diaryl/α,β-unsaturated/α-hetero) is 1. The number of aryl methyl sites for hydroxylation is 1. The first-order valence-corrected chi connectivity index (χ1v) is 12.2. The van der Waals surface area contributed by atoms with Crippen molar-refractivity contribution in [2.45, 2.75) is 51.9 Å². The average Bonchev–Trinajstić information content (AvgIpc) is 3.37. The second kappa shape index (κ2) is 9.53. The second-order valence-electron chi connectivity index (χ2n) is 9.54. The van der Waals surface area contributed by atoms with E-state index >= 15 is 0 Å². The van der Waals surface area contributed by atoms with Crippen LogP contribution in [0.2, 0.25) is 0 Å². The van der Waals surface area contributed by atoms with Crippen molar-refractivity contribution in [1.82, 2.24) is 19.7 Å². The maximum Gasteiger partial charge on any atom is 0.192 e. The highest BCUT2D eigenvalue weighted by atomic mass is 32.2. The van der Waals surface area contributed by atoms with E-state index < -0.39 is 0 Å². The number of carbonyl (C=O) groups excluding carboxylic acids is 1. The lowest BCUT2D eigenvalue weighted by Gasteiger charge is -2.17. The standard InChI is InChI=1S/C26H31N5OS/c1-17-9-11-18(12-10-17)15-31-24(29-30-25(31)33-16-23(32)26(2,3)4)21(27)13-19-14-28-22-8-6-5-7-20(19)22/h5-12,14,21,28H,13,15-16,27H2,1-4H3/t21-/m0/s1. The van der Waals surface area contributed by atoms with E-state index in [2.05, 4.69) is 63.1 Å². The van der Waals surface area contributed by atoms with E-state index in [0.717, 1.165) is 27.6 Å². The minimum atomic E-state index is -0.386. The van der Waals surface area contributed by atoms with Crippen LogP contribution >= 0.6 is 11.8 Å². The van der Waals surface area contributed by atoms with Crippen molar-refractivity contribution < 1.29 is 4.79 Å². The fraction of sp³-hybridized carbons (Fsp3) is 0.346. The number of benzene rings is 2. The molecular weight excluding hydrogens is 430 g/mol. The highest BCUT2D eigenvalue weighted by molar-refractivity contribution is 7.99. The summed E-state index contributed by atoms with van der Waals surface area (Å²) in [6.45, 7) is 8.50. The summed E-state index contributed by atoms with van der Waals surface area (Å²) >= 11 is 1.43. The quantitative estimate of drug-likeness (QED) is 0.358. The SMILES string of the molecule is Cc1ccc(Cn2c(SCC(=O)C(C)(C)C)nnc2[C@@H](N)Cc2c[nH]c3ccccc23)cc1. The van der Waals surface area contributed by atoms with Gasteiger partial charge in [-0.25, -0.2) is 0 Å². The number of hydrogen-bond acceptors (Lipinski definition) is 5. The Balaban J connectivity index is 1.62. The van der Waals surface area contributed by atoms with Crippen LogP contribution in [0.4, 0.5) is 0 Å². The molecule has 0 radical (unpaired) electrons. The van der Waals surface area contributed by atoms with Gasteiger partial charge in [-0.15, -0.1) is 10.2 Å². The molecule has 4 rings (SSSR count). The number of aromatic amines is 1. The molecule has 3 N–H and O–H groups in total. The number of aromatic nitrogens is 4. The highest BCUT2D eigenvalue weighted by Crippen LogP contribution is 2.27. The summed E-state index contributed by atoms with van der Waals surface area (Å²) in [6, 6.07) is 16.3. The number of nitrogens with zero attached hydrogens (tertiary/aromatic N) is 3. The van der Waals surface area contributed by atoms with E-state index in [4.69, 9.17) is 5.73 Å². The molecule has 33 heavy (non-hydrogen) atoms. The molecule has 2 aromatic heterocycles. The molecule has 4 aromatic rings. The summed E-state index contributed by atoms with van der Waals surface area (Å²) in [5.74, 6) is 1.27. The summed E-state index contributed by atoms with van der Waals surface area (Å²) in [5, 5.41) is 10.8. The molecule has 0 bridgehead atoms. The normalized spacial score (nSPS) is 12.9. The van der Waals surface area contributed by atoms with Crippen molar-refractivity contribution >= 4 is 28.4 Å². The summed E-state index contributed by atoms with van der Waals surface area (Å²) in [7, 11) is 0. The van der Waals surface area contributed by atoms with Gasteiger partial charge in [0.15, 0.2) is 11.0 Å². The minimum absolute atomic E-state index is 0.182. The Labute approximate surface area is 199 Å². The third-order valence-electron chi connectivity index (χ3n) is 5.82. The number of nitrogens with two attached hydrogens (primary N) is 1. The van der Waals surface area contributed by atoms with Gasteiger partial charge in [-0.2, -0.15) is 0 Å². The van der Waals surface area contributed by atoms with Crippen molar-refractivity contribution in [3.8, 4) is 0 Å². The molecule has 0 aliphatic rings. The van der Waals surface area contributed by atoms with E-state index in [1.165, 1.54) is 22.7 Å². The first kappa shape index (κ1) is 23.3. The number of fused-ring (bicyclic) bond motifs is 1. The van der Waals surface area contributed by atoms with Gasteiger partial charge in [0.25, 0.3) is 0 Å².